The predicted molar refractivity (Wildman–Crippen MR) is 102 cm³/mol. The lowest BCUT2D eigenvalue weighted by atomic mass is 10.1. The molecule has 3 aromatic rings. The van der Waals surface area contributed by atoms with E-state index >= 15 is 0 Å². The summed E-state index contributed by atoms with van der Waals surface area (Å²) in [5, 5.41) is 12.4. The van der Waals surface area contributed by atoms with Crippen LogP contribution in [-0.4, -0.2) is 32.8 Å². The van der Waals surface area contributed by atoms with Crippen molar-refractivity contribution < 1.29 is 9.53 Å². The first-order chi connectivity index (χ1) is 13.2. The number of fused-ring (bicyclic) bond motifs is 2. The molecule has 2 aromatic heterocycles. The first-order valence-electron chi connectivity index (χ1n) is 9.30. The van der Waals surface area contributed by atoms with Gasteiger partial charge in [0, 0.05) is 24.4 Å². The van der Waals surface area contributed by atoms with Gasteiger partial charge in [-0.3, -0.25) is 9.78 Å². The second-order valence-corrected chi connectivity index (χ2v) is 6.86. The van der Waals surface area contributed by atoms with E-state index in [9.17, 15) is 4.79 Å². The van der Waals surface area contributed by atoms with Gasteiger partial charge in [-0.05, 0) is 38.0 Å². The van der Waals surface area contributed by atoms with Crippen molar-refractivity contribution in [3.8, 4) is 5.75 Å². The highest BCUT2D eigenvalue weighted by Crippen LogP contribution is 2.22. The number of nitrogens with zero attached hydrogens (tertiary/aromatic N) is 4. The van der Waals surface area contributed by atoms with Crippen LogP contribution in [0.15, 0.2) is 24.3 Å². The molecule has 0 fully saturated rings. The molecule has 0 saturated carbocycles. The minimum absolute atomic E-state index is 0.149. The van der Waals surface area contributed by atoms with E-state index in [1.54, 1.807) is 7.11 Å². The maximum absolute atomic E-state index is 12.7. The van der Waals surface area contributed by atoms with E-state index in [-0.39, 0.29) is 5.91 Å². The second-order valence-electron chi connectivity index (χ2n) is 6.86. The number of carbonyl (C=O) groups excluding carboxylic acids is 1. The van der Waals surface area contributed by atoms with Gasteiger partial charge in [-0.25, -0.2) is 0 Å². The molecule has 0 saturated heterocycles. The van der Waals surface area contributed by atoms with Gasteiger partial charge in [0.15, 0.2) is 5.82 Å². The number of methoxy groups -OCH3 is 1. The number of benzene rings is 1. The quantitative estimate of drug-likeness (QED) is 0.769. The van der Waals surface area contributed by atoms with Crippen LogP contribution in [0, 0.1) is 6.92 Å². The van der Waals surface area contributed by atoms with Gasteiger partial charge in [-0.15, -0.1) is 10.2 Å². The SMILES string of the molecule is COc1ccc2cc(C(=O)NCc3nnc4n3CCCCC4)c(C)nc2c1. The van der Waals surface area contributed by atoms with E-state index in [1.807, 2.05) is 31.2 Å². The van der Waals surface area contributed by atoms with Crippen molar-refractivity contribution in [2.75, 3.05) is 7.11 Å². The highest BCUT2D eigenvalue weighted by Gasteiger charge is 2.17. The van der Waals surface area contributed by atoms with Gasteiger partial charge in [-0.2, -0.15) is 0 Å². The van der Waals surface area contributed by atoms with E-state index in [1.165, 1.54) is 6.42 Å². The van der Waals surface area contributed by atoms with Crippen molar-refractivity contribution in [2.24, 2.45) is 0 Å². The summed E-state index contributed by atoms with van der Waals surface area (Å²) < 4.78 is 7.38. The Bertz CT molecular complexity index is 995. The van der Waals surface area contributed by atoms with Crippen molar-refractivity contribution in [1.82, 2.24) is 25.1 Å². The van der Waals surface area contributed by atoms with Crippen LogP contribution in [0.3, 0.4) is 0 Å². The van der Waals surface area contributed by atoms with Crippen LogP contribution in [0.1, 0.15) is 47.0 Å². The van der Waals surface area contributed by atoms with Crippen LogP contribution in [0.25, 0.3) is 10.9 Å². The maximum atomic E-state index is 12.7. The van der Waals surface area contributed by atoms with Crippen LogP contribution in [0.2, 0.25) is 0 Å². The number of ether oxygens (including phenoxy) is 1. The summed E-state index contributed by atoms with van der Waals surface area (Å²) in [5.74, 6) is 2.44. The largest absolute Gasteiger partial charge is 0.497 e. The second kappa shape index (κ2) is 7.34. The highest BCUT2D eigenvalue weighted by molar-refractivity contribution is 5.98. The van der Waals surface area contributed by atoms with E-state index in [0.717, 1.165) is 54.1 Å². The smallest absolute Gasteiger partial charge is 0.253 e. The van der Waals surface area contributed by atoms with Gasteiger partial charge in [0.2, 0.25) is 0 Å². The average molecular weight is 365 g/mol. The first-order valence-corrected chi connectivity index (χ1v) is 9.30. The average Bonchev–Trinajstić information content (AvgIpc) is 2.91. The summed E-state index contributed by atoms with van der Waals surface area (Å²) in [4.78, 5) is 17.3. The van der Waals surface area contributed by atoms with E-state index < -0.39 is 0 Å². The van der Waals surface area contributed by atoms with Gasteiger partial charge in [0.05, 0.1) is 30.4 Å². The molecule has 27 heavy (non-hydrogen) atoms. The van der Waals surface area contributed by atoms with Gasteiger partial charge in [0.25, 0.3) is 5.91 Å². The molecule has 1 amide bonds. The number of rotatable bonds is 4. The number of pyridine rings is 1. The minimum Gasteiger partial charge on any atom is -0.497 e. The predicted octanol–water partition coefficient (Wildman–Crippen LogP) is 2.80. The van der Waals surface area contributed by atoms with Gasteiger partial charge >= 0.3 is 0 Å². The molecule has 0 atom stereocenters. The van der Waals surface area contributed by atoms with E-state index in [0.29, 0.717) is 17.8 Å². The van der Waals surface area contributed by atoms with Crippen molar-refractivity contribution in [3.05, 3.63) is 47.2 Å². The molecule has 1 aliphatic heterocycles. The fourth-order valence-corrected chi connectivity index (χ4v) is 3.53. The summed E-state index contributed by atoms with van der Waals surface area (Å²) in [6, 6.07) is 7.52. The third kappa shape index (κ3) is 3.49. The van der Waals surface area contributed by atoms with Crippen molar-refractivity contribution in [2.45, 2.75) is 45.7 Å². The van der Waals surface area contributed by atoms with Gasteiger partial charge in [-0.1, -0.05) is 6.42 Å². The Kier molecular flexibility index (Phi) is 4.75. The number of nitrogens with one attached hydrogen (secondary N) is 1. The van der Waals surface area contributed by atoms with Crippen LogP contribution in [0.5, 0.6) is 5.75 Å². The highest BCUT2D eigenvalue weighted by atomic mass is 16.5. The van der Waals surface area contributed by atoms with Gasteiger partial charge < -0.3 is 14.6 Å². The maximum Gasteiger partial charge on any atom is 0.253 e. The van der Waals surface area contributed by atoms with Crippen LogP contribution in [0.4, 0.5) is 0 Å². The molecule has 0 bridgehead atoms. The molecule has 0 aliphatic carbocycles. The monoisotopic (exact) mass is 365 g/mol. The summed E-state index contributed by atoms with van der Waals surface area (Å²) >= 11 is 0. The molecule has 3 heterocycles. The summed E-state index contributed by atoms with van der Waals surface area (Å²) in [7, 11) is 1.63. The van der Waals surface area contributed by atoms with E-state index in [4.69, 9.17) is 4.74 Å². The Labute approximate surface area is 157 Å². The number of carbonyl (C=O) groups is 1. The van der Waals surface area contributed by atoms with Crippen LogP contribution in [-0.2, 0) is 19.5 Å². The fourth-order valence-electron chi connectivity index (χ4n) is 3.53. The Morgan fingerprint density at radius 1 is 1.22 bits per heavy atom. The first kappa shape index (κ1) is 17.5. The van der Waals surface area contributed by atoms with Crippen LogP contribution >= 0.6 is 0 Å². The molecule has 7 heteroatoms. The van der Waals surface area contributed by atoms with Crippen molar-refractivity contribution >= 4 is 16.8 Å². The number of hydrogen-bond acceptors (Lipinski definition) is 5. The summed E-state index contributed by atoms with van der Waals surface area (Å²) in [6.45, 7) is 3.13. The minimum atomic E-state index is -0.149. The lowest BCUT2D eigenvalue weighted by Gasteiger charge is -2.10. The molecule has 7 nitrogen and oxygen atoms in total. The Morgan fingerprint density at radius 2 is 2.11 bits per heavy atom. The zero-order chi connectivity index (χ0) is 18.8. The molecule has 0 unspecified atom stereocenters. The molecule has 140 valence electrons. The van der Waals surface area contributed by atoms with Gasteiger partial charge in [0.1, 0.15) is 11.6 Å². The zero-order valence-electron chi connectivity index (χ0n) is 15.7. The third-order valence-electron chi connectivity index (χ3n) is 5.05. The molecule has 1 aliphatic rings. The third-order valence-corrected chi connectivity index (χ3v) is 5.05. The molecule has 1 N–H and O–H groups in total. The lowest BCUT2D eigenvalue weighted by molar-refractivity contribution is 0.0948. The summed E-state index contributed by atoms with van der Waals surface area (Å²) in [5.41, 5.74) is 2.07. The zero-order valence-corrected chi connectivity index (χ0v) is 15.7. The number of hydrogen-bond donors (Lipinski definition) is 1. The van der Waals surface area contributed by atoms with Crippen molar-refractivity contribution in [1.29, 1.82) is 0 Å². The molecular weight excluding hydrogens is 342 g/mol. The normalized spacial score (nSPS) is 13.9. The molecule has 1 aromatic carbocycles. The van der Waals surface area contributed by atoms with Crippen LogP contribution < -0.4 is 10.1 Å². The Hall–Kier alpha value is -2.96. The number of amides is 1. The van der Waals surface area contributed by atoms with E-state index in [2.05, 4.69) is 25.1 Å². The molecule has 0 radical (unpaired) electrons. The lowest BCUT2D eigenvalue weighted by Crippen LogP contribution is -2.26. The fraction of sp³-hybridized carbons (Fsp3) is 0.400. The number of aromatic nitrogens is 4. The Morgan fingerprint density at radius 3 is 2.96 bits per heavy atom. The Balaban J connectivity index is 1.53. The topological polar surface area (TPSA) is 81.9 Å². The molecular formula is C20H23N5O2. The summed E-state index contributed by atoms with van der Waals surface area (Å²) in [6.07, 6.45) is 4.44. The van der Waals surface area contributed by atoms with Crippen molar-refractivity contribution in [3.63, 3.8) is 0 Å². The standard InChI is InChI=1S/C20H23N5O2/c1-13-16(10-14-7-8-15(27-2)11-17(14)22-13)20(26)21-12-19-24-23-18-6-4-3-5-9-25(18)19/h7-8,10-11H,3-6,9,12H2,1-2H3,(H,21,26). The number of aryl methyl sites for hydroxylation is 2. The molecule has 4 rings (SSSR count). The molecule has 0 spiro atoms.